The van der Waals surface area contributed by atoms with Gasteiger partial charge in [-0.2, -0.15) is 0 Å². The zero-order valence-corrected chi connectivity index (χ0v) is 25.1. The Bertz CT molecular complexity index is 2310. The van der Waals surface area contributed by atoms with E-state index in [1.165, 1.54) is 48.0 Å². The van der Waals surface area contributed by atoms with Crippen molar-refractivity contribution < 1.29 is 0 Å². The molecule has 208 valence electrons. The molecule has 3 nitrogen and oxygen atoms in total. The molecular formula is C39H35NO2. The van der Waals surface area contributed by atoms with Crippen LogP contribution in [0.15, 0.2) is 58.1 Å². The SMILES string of the molecule is CCCCc1cc2c3c(=O)n(-c4ccc(C)c(C)c4C)c(=O)c3c3cc(CCCC)c4ccc5ccc1c1c5c4c3c21. The number of aromatic nitrogens is 1. The number of rotatable bonds is 7. The molecule has 8 aromatic rings. The highest BCUT2D eigenvalue weighted by Crippen LogP contribution is 2.51. The maximum Gasteiger partial charge on any atom is 0.266 e. The van der Waals surface area contributed by atoms with Gasteiger partial charge in [-0.25, -0.2) is 4.57 Å². The van der Waals surface area contributed by atoms with Crippen LogP contribution in [0, 0.1) is 20.8 Å². The van der Waals surface area contributed by atoms with Crippen LogP contribution in [0.3, 0.4) is 0 Å². The number of unbranched alkanes of at least 4 members (excludes halogenated alkanes) is 2. The predicted octanol–water partition coefficient (Wildman–Crippen LogP) is 9.48. The Hall–Kier alpha value is -4.24. The van der Waals surface area contributed by atoms with Crippen molar-refractivity contribution in [3.05, 3.63) is 97.1 Å². The standard InChI is InChI=1S/C39H35NO2/c1-6-8-10-24-18-28-34-32-26(24)15-13-23-14-16-27-25(11-9-7-2)19-29(35(34)33(27)31(23)32)37-36(28)38(41)40(39(37)42)30-17-12-20(3)21(4)22(30)5/h12-19H,6-11H2,1-5H3. The van der Waals surface area contributed by atoms with E-state index in [0.29, 0.717) is 16.5 Å². The minimum atomic E-state index is -0.192. The molecule has 0 unspecified atom stereocenters. The van der Waals surface area contributed by atoms with E-state index in [4.69, 9.17) is 0 Å². The van der Waals surface area contributed by atoms with Crippen molar-refractivity contribution in [1.82, 2.24) is 4.57 Å². The summed E-state index contributed by atoms with van der Waals surface area (Å²) in [5.74, 6) is 0. The third kappa shape index (κ3) is 3.06. The largest absolute Gasteiger partial charge is 0.268 e. The highest BCUT2D eigenvalue weighted by molar-refractivity contribution is 6.48. The molecule has 0 bridgehead atoms. The topological polar surface area (TPSA) is 39.1 Å². The Balaban J connectivity index is 1.66. The summed E-state index contributed by atoms with van der Waals surface area (Å²) in [5, 5.41) is 13.1. The van der Waals surface area contributed by atoms with E-state index in [9.17, 15) is 9.59 Å². The third-order valence-electron chi connectivity index (χ3n) is 10.3. The van der Waals surface area contributed by atoms with E-state index < -0.39 is 0 Å². The molecule has 1 heterocycles. The number of aryl methyl sites for hydroxylation is 3. The van der Waals surface area contributed by atoms with Gasteiger partial charge < -0.3 is 0 Å². The van der Waals surface area contributed by atoms with Crippen LogP contribution in [-0.2, 0) is 12.8 Å². The molecule has 3 heteroatoms. The first-order valence-corrected chi connectivity index (χ1v) is 15.6. The zero-order valence-electron chi connectivity index (χ0n) is 25.1. The third-order valence-corrected chi connectivity index (χ3v) is 10.3. The van der Waals surface area contributed by atoms with Gasteiger partial charge >= 0.3 is 0 Å². The van der Waals surface area contributed by atoms with Crippen LogP contribution in [0.1, 0.15) is 67.3 Å². The monoisotopic (exact) mass is 549 g/mol. The second-order valence-electron chi connectivity index (χ2n) is 12.5. The van der Waals surface area contributed by atoms with Crippen molar-refractivity contribution in [3.8, 4) is 5.69 Å². The van der Waals surface area contributed by atoms with Crippen LogP contribution in [-0.4, -0.2) is 4.57 Å². The fourth-order valence-corrected chi connectivity index (χ4v) is 7.88. The summed E-state index contributed by atoms with van der Waals surface area (Å²) < 4.78 is 1.46. The Morgan fingerprint density at radius 1 is 0.548 bits per heavy atom. The van der Waals surface area contributed by atoms with Crippen molar-refractivity contribution >= 4 is 64.6 Å². The van der Waals surface area contributed by atoms with E-state index in [0.717, 1.165) is 76.8 Å². The summed E-state index contributed by atoms with van der Waals surface area (Å²) >= 11 is 0. The van der Waals surface area contributed by atoms with E-state index >= 15 is 0 Å². The fraction of sp³-hybridized carbons (Fsp3) is 0.282. The second-order valence-corrected chi connectivity index (χ2v) is 12.5. The molecule has 0 aliphatic rings. The molecule has 0 saturated carbocycles. The molecule has 0 amide bonds. The van der Waals surface area contributed by atoms with Crippen molar-refractivity contribution in [3.63, 3.8) is 0 Å². The molecular weight excluding hydrogens is 514 g/mol. The Kier molecular flexibility index (Phi) is 5.38. The summed E-state index contributed by atoms with van der Waals surface area (Å²) in [6.07, 6.45) is 6.29. The molecule has 0 N–H and O–H groups in total. The molecule has 1 aromatic heterocycles. The molecule has 8 rings (SSSR count). The number of benzene rings is 6. The lowest BCUT2D eigenvalue weighted by atomic mass is 9.90. The Labute approximate surface area is 244 Å². The minimum Gasteiger partial charge on any atom is -0.268 e. The lowest BCUT2D eigenvalue weighted by molar-refractivity contribution is 0.799. The molecule has 42 heavy (non-hydrogen) atoms. The van der Waals surface area contributed by atoms with E-state index in [-0.39, 0.29) is 11.1 Å². The first-order chi connectivity index (χ1) is 20.4. The number of nitrogens with zero attached hydrogens (tertiary/aromatic N) is 1. The molecule has 0 radical (unpaired) electrons. The molecule has 0 fully saturated rings. The summed E-state index contributed by atoms with van der Waals surface area (Å²) in [5.41, 5.74) is 6.13. The summed E-state index contributed by atoms with van der Waals surface area (Å²) in [4.78, 5) is 29.2. The van der Waals surface area contributed by atoms with Crippen LogP contribution < -0.4 is 11.1 Å². The first kappa shape index (κ1) is 25.5. The predicted molar refractivity (Wildman–Crippen MR) is 180 cm³/mol. The Morgan fingerprint density at radius 2 is 1.05 bits per heavy atom. The van der Waals surface area contributed by atoms with Crippen LogP contribution in [0.2, 0.25) is 0 Å². The van der Waals surface area contributed by atoms with Gasteiger partial charge in [-0.15, -0.1) is 0 Å². The van der Waals surface area contributed by atoms with Gasteiger partial charge in [0, 0.05) is 0 Å². The van der Waals surface area contributed by atoms with Gasteiger partial charge in [-0.05, 0) is 146 Å². The highest BCUT2D eigenvalue weighted by atomic mass is 16.2. The molecule has 0 atom stereocenters. The summed E-state index contributed by atoms with van der Waals surface area (Å²) in [6, 6.07) is 17.6. The van der Waals surface area contributed by atoms with Gasteiger partial charge in [0.1, 0.15) is 0 Å². The van der Waals surface area contributed by atoms with Crippen LogP contribution in [0.25, 0.3) is 70.3 Å². The normalized spacial score (nSPS) is 12.7. The fourth-order valence-electron chi connectivity index (χ4n) is 7.88. The number of hydrogen-bond donors (Lipinski definition) is 0. The average molecular weight is 550 g/mol. The van der Waals surface area contributed by atoms with Gasteiger partial charge in [-0.3, -0.25) is 9.59 Å². The molecule has 0 aliphatic carbocycles. The molecule has 7 aromatic carbocycles. The zero-order chi connectivity index (χ0) is 29.0. The number of hydrogen-bond acceptors (Lipinski definition) is 2. The maximum absolute atomic E-state index is 14.6. The molecule has 0 spiro atoms. The lowest BCUT2D eigenvalue weighted by Crippen LogP contribution is -2.24. The highest BCUT2D eigenvalue weighted by Gasteiger charge is 2.29. The quantitative estimate of drug-likeness (QED) is 0.186. The van der Waals surface area contributed by atoms with E-state index in [1.807, 2.05) is 19.1 Å². The van der Waals surface area contributed by atoms with Gasteiger partial charge in [0.15, 0.2) is 0 Å². The summed E-state index contributed by atoms with van der Waals surface area (Å²) in [6.45, 7) is 10.6. The maximum atomic E-state index is 14.6. The van der Waals surface area contributed by atoms with Gasteiger partial charge in [0.2, 0.25) is 0 Å². The second kappa shape index (κ2) is 8.88. The van der Waals surface area contributed by atoms with Gasteiger partial charge in [0.05, 0.1) is 16.5 Å². The first-order valence-electron chi connectivity index (χ1n) is 15.6. The van der Waals surface area contributed by atoms with Crippen molar-refractivity contribution in [2.24, 2.45) is 0 Å². The summed E-state index contributed by atoms with van der Waals surface area (Å²) in [7, 11) is 0. The average Bonchev–Trinajstić information content (AvgIpc) is 3.49. The van der Waals surface area contributed by atoms with Crippen molar-refractivity contribution in [2.45, 2.75) is 73.1 Å². The molecule has 0 saturated heterocycles. The van der Waals surface area contributed by atoms with Gasteiger partial charge in [-0.1, -0.05) is 57.0 Å². The smallest absolute Gasteiger partial charge is 0.266 e. The van der Waals surface area contributed by atoms with E-state index in [2.05, 4.69) is 64.1 Å². The minimum absolute atomic E-state index is 0.192. The van der Waals surface area contributed by atoms with Crippen LogP contribution >= 0.6 is 0 Å². The van der Waals surface area contributed by atoms with E-state index in [1.54, 1.807) is 0 Å². The van der Waals surface area contributed by atoms with Crippen LogP contribution in [0.4, 0.5) is 0 Å². The van der Waals surface area contributed by atoms with Crippen molar-refractivity contribution in [2.75, 3.05) is 0 Å². The number of fused-ring (bicyclic) bond motifs is 3. The lowest BCUT2D eigenvalue weighted by Gasteiger charge is -2.12. The Morgan fingerprint density at radius 3 is 1.55 bits per heavy atom. The molecule has 0 aliphatic heterocycles. The van der Waals surface area contributed by atoms with Crippen LogP contribution in [0.5, 0.6) is 0 Å². The van der Waals surface area contributed by atoms with Crippen molar-refractivity contribution in [1.29, 1.82) is 0 Å². The van der Waals surface area contributed by atoms with Gasteiger partial charge in [0.25, 0.3) is 11.1 Å².